The number of alkyl halides is 7. The quantitative estimate of drug-likeness (QED) is 0.586. The Bertz CT molecular complexity index is 319. The van der Waals surface area contributed by atoms with Gasteiger partial charge in [-0.1, -0.05) is 36.7 Å². The summed E-state index contributed by atoms with van der Waals surface area (Å²) in [6.07, 6.45) is -10.8. The largest absolute Gasteiger partial charge is 0.409 e. The molecule has 20 heavy (non-hydrogen) atoms. The molecule has 0 saturated heterocycles. The molecule has 0 bridgehead atoms. The van der Waals surface area contributed by atoms with Crippen LogP contribution >= 0.6 is 15.9 Å². The molecule has 0 rings (SSSR count). The Kier molecular flexibility index (Phi) is 6.38. The monoisotopic (exact) mass is 371 g/mol. The van der Waals surface area contributed by atoms with Crippen LogP contribution in [0.1, 0.15) is 27.2 Å². The maximum absolute atomic E-state index is 12.3. The minimum atomic E-state index is -5.66. The number of rotatable bonds is 4. The van der Waals surface area contributed by atoms with E-state index in [9.17, 15) is 31.1 Å². The average Bonchev–Trinajstić information content (AvgIpc) is 2.06. The third kappa shape index (κ3) is 7.35. The number of carbonyl (C=O) groups excluding carboxylic acids is 1. The summed E-state index contributed by atoms with van der Waals surface area (Å²) < 4.78 is 73.6. The lowest BCUT2D eigenvalue weighted by Crippen LogP contribution is -2.49. The minimum Gasteiger partial charge on any atom is -0.354 e. The molecule has 0 aromatic carbocycles. The highest BCUT2D eigenvalue weighted by atomic mass is 79.9. The van der Waals surface area contributed by atoms with Crippen LogP contribution in [-0.2, 0) is 4.79 Å². The van der Waals surface area contributed by atoms with Gasteiger partial charge in [0.05, 0.1) is 0 Å². The molecule has 1 amide bonds. The Labute approximate surface area is 121 Å². The van der Waals surface area contributed by atoms with Crippen LogP contribution in [0.5, 0.6) is 0 Å². The number of hydrogen-bond donors (Lipinski definition) is 1. The predicted octanol–water partition coefficient (Wildman–Crippen LogP) is 4.04. The molecular formula is C11H16BrF6NO. The average molecular weight is 372 g/mol. The van der Waals surface area contributed by atoms with Crippen molar-refractivity contribution in [1.29, 1.82) is 0 Å². The van der Waals surface area contributed by atoms with E-state index in [-0.39, 0.29) is 12.0 Å². The number of halogens is 7. The van der Waals surface area contributed by atoms with E-state index in [1.807, 2.05) is 20.8 Å². The van der Waals surface area contributed by atoms with E-state index >= 15 is 0 Å². The Morgan fingerprint density at radius 1 is 1.05 bits per heavy atom. The molecule has 0 aliphatic carbocycles. The van der Waals surface area contributed by atoms with Crippen LogP contribution in [-0.4, -0.2) is 29.6 Å². The first-order valence-corrected chi connectivity index (χ1v) is 6.61. The second-order valence-electron chi connectivity index (χ2n) is 5.62. The number of hydrogen-bond acceptors (Lipinski definition) is 1. The van der Waals surface area contributed by atoms with Gasteiger partial charge in [-0.2, -0.15) is 26.3 Å². The van der Waals surface area contributed by atoms with Gasteiger partial charge in [0.1, 0.15) is 0 Å². The smallest absolute Gasteiger partial charge is 0.354 e. The molecule has 0 aromatic heterocycles. The minimum absolute atomic E-state index is 0.174. The normalized spacial score (nSPS) is 15.3. The first kappa shape index (κ1) is 19.5. The van der Waals surface area contributed by atoms with Crippen molar-refractivity contribution in [1.82, 2.24) is 5.32 Å². The molecule has 9 heteroatoms. The van der Waals surface area contributed by atoms with Crippen molar-refractivity contribution < 1.29 is 31.1 Å². The molecule has 1 atom stereocenters. The molecule has 2 nitrogen and oxygen atoms in total. The lowest BCUT2D eigenvalue weighted by Gasteiger charge is -2.25. The molecule has 0 spiro atoms. The molecule has 0 aromatic rings. The predicted molar refractivity (Wildman–Crippen MR) is 65.4 cm³/mol. The molecule has 0 fully saturated rings. The fraction of sp³-hybridized carbons (Fsp3) is 0.909. The summed E-state index contributed by atoms with van der Waals surface area (Å²) in [4.78, 5) is 10.7. The highest BCUT2D eigenvalue weighted by molar-refractivity contribution is 9.09. The molecule has 0 aliphatic rings. The van der Waals surface area contributed by atoms with Crippen LogP contribution in [0, 0.1) is 11.3 Å². The first-order valence-electron chi connectivity index (χ1n) is 5.70. The summed E-state index contributed by atoms with van der Waals surface area (Å²) in [6, 6.07) is 0. The van der Waals surface area contributed by atoms with E-state index in [4.69, 9.17) is 0 Å². The van der Waals surface area contributed by atoms with Gasteiger partial charge < -0.3 is 5.32 Å². The summed E-state index contributed by atoms with van der Waals surface area (Å²) in [5.41, 5.74) is -0.174. The molecule has 0 aliphatic heterocycles. The van der Waals surface area contributed by atoms with Crippen LogP contribution in [0.15, 0.2) is 0 Å². The number of carbonyl (C=O) groups is 1. The lowest BCUT2D eigenvalue weighted by molar-refractivity contribution is -0.274. The zero-order valence-electron chi connectivity index (χ0n) is 11.1. The summed E-state index contributed by atoms with van der Waals surface area (Å²) >= 11 is 3.11. The van der Waals surface area contributed by atoms with Crippen LogP contribution in [0.25, 0.3) is 0 Å². The molecule has 0 radical (unpaired) electrons. The van der Waals surface area contributed by atoms with E-state index in [1.165, 1.54) is 0 Å². The lowest BCUT2D eigenvalue weighted by atomic mass is 9.90. The second-order valence-corrected chi connectivity index (χ2v) is 6.92. The van der Waals surface area contributed by atoms with Gasteiger partial charge >= 0.3 is 12.4 Å². The summed E-state index contributed by atoms with van der Waals surface area (Å²) in [7, 11) is 0. The Morgan fingerprint density at radius 2 is 1.45 bits per heavy atom. The maximum Gasteiger partial charge on any atom is 0.409 e. The van der Waals surface area contributed by atoms with Crippen LogP contribution in [0.3, 0.4) is 0 Å². The summed E-state index contributed by atoms with van der Waals surface area (Å²) in [5, 5.41) is 1.69. The van der Waals surface area contributed by atoms with E-state index in [0.29, 0.717) is 6.42 Å². The third-order valence-electron chi connectivity index (χ3n) is 2.25. The Hall–Kier alpha value is -0.470. The van der Waals surface area contributed by atoms with Gasteiger partial charge in [-0.05, 0) is 11.8 Å². The fourth-order valence-electron chi connectivity index (χ4n) is 1.53. The van der Waals surface area contributed by atoms with Crippen molar-refractivity contribution in [3.05, 3.63) is 0 Å². The van der Waals surface area contributed by atoms with Gasteiger partial charge in [0.25, 0.3) is 0 Å². The fourth-order valence-corrected chi connectivity index (χ4v) is 2.67. The highest BCUT2D eigenvalue weighted by Crippen LogP contribution is 2.39. The van der Waals surface area contributed by atoms with E-state index in [2.05, 4.69) is 15.9 Å². The second kappa shape index (κ2) is 6.53. The topological polar surface area (TPSA) is 29.1 Å². The molecule has 120 valence electrons. The van der Waals surface area contributed by atoms with Crippen molar-refractivity contribution in [2.75, 3.05) is 6.54 Å². The molecule has 1 unspecified atom stereocenters. The van der Waals surface area contributed by atoms with Crippen LogP contribution < -0.4 is 5.32 Å². The van der Waals surface area contributed by atoms with Gasteiger partial charge in [0.2, 0.25) is 11.8 Å². The van der Waals surface area contributed by atoms with Crippen molar-refractivity contribution in [3.8, 4) is 0 Å². The third-order valence-corrected chi connectivity index (χ3v) is 2.90. The highest BCUT2D eigenvalue weighted by Gasteiger charge is 2.61. The van der Waals surface area contributed by atoms with Gasteiger partial charge in [0.15, 0.2) is 0 Å². The first-order chi connectivity index (χ1) is 8.64. The van der Waals surface area contributed by atoms with E-state index in [1.54, 1.807) is 5.32 Å². The standard InChI is InChI=1S/C11H16BrF6NO/c1-9(2,3)4-6(12)5-19-8(20)7(10(13,14)15)11(16,17)18/h6-7H,4-5H2,1-3H3,(H,19,20). The van der Waals surface area contributed by atoms with E-state index < -0.39 is 29.0 Å². The Morgan fingerprint density at radius 3 is 1.75 bits per heavy atom. The van der Waals surface area contributed by atoms with Crippen molar-refractivity contribution in [2.24, 2.45) is 11.3 Å². The molecule has 0 heterocycles. The van der Waals surface area contributed by atoms with Gasteiger partial charge in [-0.15, -0.1) is 0 Å². The molecule has 1 N–H and O–H groups in total. The van der Waals surface area contributed by atoms with Crippen molar-refractivity contribution in [2.45, 2.75) is 44.4 Å². The van der Waals surface area contributed by atoms with Crippen LogP contribution in [0.2, 0.25) is 0 Å². The zero-order chi connectivity index (χ0) is 16.4. The van der Waals surface area contributed by atoms with Crippen molar-refractivity contribution in [3.63, 3.8) is 0 Å². The SMILES string of the molecule is CC(C)(C)CC(Br)CNC(=O)C(C(F)(F)F)C(F)(F)F. The summed E-state index contributed by atoms with van der Waals surface area (Å²) in [6.45, 7) is 5.27. The van der Waals surface area contributed by atoms with E-state index in [0.717, 1.165) is 0 Å². The molecular weight excluding hydrogens is 356 g/mol. The van der Waals surface area contributed by atoms with Crippen molar-refractivity contribution >= 4 is 21.8 Å². The van der Waals surface area contributed by atoms with Gasteiger partial charge in [0, 0.05) is 11.4 Å². The van der Waals surface area contributed by atoms with Crippen LogP contribution in [0.4, 0.5) is 26.3 Å². The summed E-state index contributed by atoms with van der Waals surface area (Å²) in [5.74, 6) is -6.08. The maximum atomic E-state index is 12.3. The number of nitrogens with one attached hydrogen (secondary N) is 1. The zero-order valence-corrected chi connectivity index (χ0v) is 12.7. The number of amides is 1. The van der Waals surface area contributed by atoms with Gasteiger partial charge in [-0.25, -0.2) is 0 Å². The Balaban J connectivity index is 4.66. The molecule has 0 saturated carbocycles. The van der Waals surface area contributed by atoms with Gasteiger partial charge in [-0.3, -0.25) is 4.79 Å².